The van der Waals surface area contributed by atoms with Crippen LogP contribution in [-0.4, -0.2) is 54.7 Å². The highest BCUT2D eigenvalue weighted by molar-refractivity contribution is 9.10. The van der Waals surface area contributed by atoms with E-state index in [2.05, 4.69) is 31.0 Å². The number of carbonyl (C=O) groups is 3. The molecule has 14 heteroatoms. The van der Waals surface area contributed by atoms with Crippen molar-refractivity contribution < 1.29 is 33.0 Å². The van der Waals surface area contributed by atoms with Gasteiger partial charge >= 0.3 is 18.3 Å². The number of rotatable bonds is 4. The standard InChI is InChI=1S/C25H33BrN6O7/c1-23(2,3)37-20(33)30(14-15-11-10-12-36-15)19-28-18(17-27-13-16(26)32(17)29-19)31(21(34)38-24(4,5)6)22(35)39-25(7,8)9/h10-13H,14H2,1-9H3. The summed E-state index contributed by atoms with van der Waals surface area (Å²) in [7, 11) is 0. The number of hydrogen-bond acceptors (Lipinski definition) is 10. The van der Waals surface area contributed by atoms with Gasteiger partial charge in [0.1, 0.15) is 27.2 Å². The minimum Gasteiger partial charge on any atom is -0.467 e. The first-order chi connectivity index (χ1) is 17.8. The zero-order valence-electron chi connectivity index (χ0n) is 23.4. The monoisotopic (exact) mass is 608 g/mol. The van der Waals surface area contributed by atoms with Crippen LogP contribution in [0, 0.1) is 0 Å². The molecule has 0 atom stereocenters. The summed E-state index contributed by atoms with van der Waals surface area (Å²) in [6.45, 7) is 14.9. The molecule has 0 saturated heterocycles. The Labute approximate surface area is 234 Å². The van der Waals surface area contributed by atoms with Crippen molar-refractivity contribution in [3.05, 3.63) is 35.0 Å². The Balaban J connectivity index is 2.24. The fourth-order valence-corrected chi connectivity index (χ4v) is 3.40. The van der Waals surface area contributed by atoms with Crippen molar-refractivity contribution in [1.82, 2.24) is 19.6 Å². The van der Waals surface area contributed by atoms with E-state index in [0.29, 0.717) is 15.3 Å². The molecule has 3 aromatic heterocycles. The fourth-order valence-electron chi connectivity index (χ4n) is 3.05. The van der Waals surface area contributed by atoms with Crippen LogP contribution in [0.3, 0.4) is 0 Å². The van der Waals surface area contributed by atoms with E-state index in [1.54, 1.807) is 74.4 Å². The topological polar surface area (TPSA) is 142 Å². The second kappa shape index (κ2) is 10.8. The molecule has 0 fully saturated rings. The normalized spacial score (nSPS) is 12.3. The van der Waals surface area contributed by atoms with E-state index in [4.69, 9.17) is 18.6 Å². The van der Waals surface area contributed by atoms with E-state index in [1.807, 2.05) is 0 Å². The van der Waals surface area contributed by atoms with Gasteiger partial charge in [0.15, 0.2) is 11.5 Å². The van der Waals surface area contributed by atoms with Gasteiger partial charge in [0.2, 0.25) is 0 Å². The van der Waals surface area contributed by atoms with E-state index in [0.717, 1.165) is 4.90 Å². The Kier molecular flexibility index (Phi) is 8.29. The molecule has 3 amide bonds. The number of halogens is 1. The molecule has 0 spiro atoms. The SMILES string of the molecule is CC(C)(C)OC(=O)N(Cc1ccco1)c1nc(N(C(=O)OC(C)(C)C)C(=O)OC(C)(C)C)c2ncc(Br)n2n1. The molecule has 0 aromatic carbocycles. The van der Waals surface area contributed by atoms with Gasteiger partial charge in [-0.1, -0.05) is 0 Å². The van der Waals surface area contributed by atoms with Crippen LogP contribution in [0.4, 0.5) is 26.1 Å². The second-order valence-electron chi connectivity index (χ2n) is 11.5. The summed E-state index contributed by atoms with van der Waals surface area (Å²) in [5, 5.41) is 4.43. The summed E-state index contributed by atoms with van der Waals surface area (Å²) in [6.07, 6.45) is -0.0440. The molecule has 3 heterocycles. The highest BCUT2D eigenvalue weighted by Gasteiger charge is 2.37. The molecule has 3 rings (SSSR count). The van der Waals surface area contributed by atoms with Gasteiger partial charge in [-0.15, -0.1) is 5.10 Å². The van der Waals surface area contributed by atoms with Crippen molar-refractivity contribution in [3.63, 3.8) is 0 Å². The number of ether oxygens (including phenoxy) is 3. The van der Waals surface area contributed by atoms with Crippen LogP contribution >= 0.6 is 15.9 Å². The fraction of sp³-hybridized carbons (Fsp3) is 0.520. The molecule has 0 aliphatic heterocycles. The van der Waals surface area contributed by atoms with Crippen molar-refractivity contribution in [2.75, 3.05) is 9.80 Å². The quantitative estimate of drug-likeness (QED) is 0.319. The third-order valence-corrected chi connectivity index (χ3v) is 4.95. The number of amides is 3. The van der Waals surface area contributed by atoms with Crippen LogP contribution < -0.4 is 9.80 Å². The third-order valence-electron chi connectivity index (χ3n) is 4.40. The van der Waals surface area contributed by atoms with Crippen LogP contribution in [0.1, 0.15) is 68.1 Å². The smallest absolute Gasteiger partial charge is 0.425 e. The lowest BCUT2D eigenvalue weighted by Crippen LogP contribution is -2.45. The number of aromatic nitrogens is 4. The van der Waals surface area contributed by atoms with Crippen LogP contribution in [0.15, 0.2) is 33.6 Å². The summed E-state index contributed by atoms with van der Waals surface area (Å²) in [5.74, 6) is -0.0758. The maximum Gasteiger partial charge on any atom is 0.425 e. The summed E-state index contributed by atoms with van der Waals surface area (Å²) in [5.41, 5.74) is -2.74. The van der Waals surface area contributed by atoms with Crippen molar-refractivity contribution in [2.45, 2.75) is 85.7 Å². The summed E-state index contributed by atoms with van der Waals surface area (Å²) in [6, 6.07) is 3.33. The second-order valence-corrected chi connectivity index (χ2v) is 12.3. The zero-order valence-corrected chi connectivity index (χ0v) is 25.0. The molecular weight excluding hydrogens is 576 g/mol. The molecule has 0 aliphatic carbocycles. The van der Waals surface area contributed by atoms with Gasteiger partial charge in [-0.3, -0.25) is 0 Å². The molecule has 212 valence electrons. The van der Waals surface area contributed by atoms with Gasteiger partial charge < -0.3 is 18.6 Å². The Bertz CT molecular complexity index is 1320. The molecule has 0 unspecified atom stereocenters. The van der Waals surface area contributed by atoms with E-state index >= 15 is 0 Å². The highest BCUT2D eigenvalue weighted by Crippen LogP contribution is 2.29. The predicted octanol–water partition coefficient (Wildman–Crippen LogP) is 6.10. The number of furan rings is 1. The van der Waals surface area contributed by atoms with Gasteiger partial charge in [0.25, 0.3) is 5.95 Å². The van der Waals surface area contributed by atoms with Gasteiger partial charge in [0.05, 0.1) is 19.0 Å². The summed E-state index contributed by atoms with van der Waals surface area (Å²) < 4.78 is 23.7. The number of nitrogens with zero attached hydrogens (tertiary/aromatic N) is 6. The Hall–Kier alpha value is -3.68. The van der Waals surface area contributed by atoms with E-state index in [9.17, 15) is 14.4 Å². The van der Waals surface area contributed by atoms with Gasteiger partial charge in [-0.05, 0) is 90.4 Å². The van der Waals surface area contributed by atoms with Gasteiger partial charge in [-0.25, -0.2) is 24.3 Å². The molecule has 13 nitrogen and oxygen atoms in total. The van der Waals surface area contributed by atoms with Crippen molar-refractivity contribution in [3.8, 4) is 0 Å². The average Bonchev–Trinajstić information content (AvgIpc) is 3.38. The number of anilines is 2. The lowest BCUT2D eigenvalue weighted by Gasteiger charge is -2.29. The minimum absolute atomic E-state index is 0.0180. The summed E-state index contributed by atoms with van der Waals surface area (Å²) >= 11 is 3.36. The molecule has 0 radical (unpaired) electrons. The molecule has 3 aromatic rings. The van der Waals surface area contributed by atoms with Crippen LogP contribution in [-0.2, 0) is 20.8 Å². The molecular formula is C25H33BrN6O7. The van der Waals surface area contributed by atoms with E-state index in [-0.39, 0.29) is 24.0 Å². The average molecular weight is 609 g/mol. The Morgan fingerprint density at radius 3 is 1.95 bits per heavy atom. The van der Waals surface area contributed by atoms with Gasteiger partial charge in [-0.2, -0.15) is 14.4 Å². The number of imide groups is 1. The van der Waals surface area contributed by atoms with Crippen molar-refractivity contribution in [2.24, 2.45) is 0 Å². The lowest BCUT2D eigenvalue weighted by molar-refractivity contribution is 0.0428. The third kappa shape index (κ3) is 7.91. The van der Waals surface area contributed by atoms with Crippen LogP contribution in [0.2, 0.25) is 0 Å². The van der Waals surface area contributed by atoms with Crippen LogP contribution in [0.25, 0.3) is 5.65 Å². The summed E-state index contributed by atoms with van der Waals surface area (Å²) in [4.78, 5) is 50.5. The number of fused-ring (bicyclic) bond motifs is 1. The molecule has 0 aliphatic rings. The Morgan fingerprint density at radius 1 is 0.923 bits per heavy atom. The first-order valence-electron chi connectivity index (χ1n) is 12.0. The molecule has 0 saturated carbocycles. The van der Waals surface area contributed by atoms with E-state index < -0.39 is 35.1 Å². The predicted molar refractivity (Wildman–Crippen MR) is 145 cm³/mol. The maximum atomic E-state index is 13.4. The number of carbonyl (C=O) groups excluding carboxylic acids is 3. The first-order valence-corrected chi connectivity index (χ1v) is 12.8. The lowest BCUT2D eigenvalue weighted by atomic mass is 10.2. The van der Waals surface area contributed by atoms with Gasteiger partial charge in [0, 0.05) is 0 Å². The van der Waals surface area contributed by atoms with Crippen LogP contribution in [0.5, 0.6) is 0 Å². The maximum absolute atomic E-state index is 13.4. The first kappa shape index (κ1) is 29.9. The Morgan fingerprint density at radius 2 is 1.46 bits per heavy atom. The number of imidazole rings is 1. The largest absolute Gasteiger partial charge is 0.467 e. The minimum atomic E-state index is -1.06. The molecule has 39 heavy (non-hydrogen) atoms. The molecule has 0 bridgehead atoms. The van der Waals surface area contributed by atoms with E-state index in [1.165, 1.54) is 17.0 Å². The van der Waals surface area contributed by atoms with Crippen molar-refractivity contribution >= 4 is 51.6 Å². The zero-order chi connectivity index (χ0) is 29.3. The number of hydrogen-bond donors (Lipinski definition) is 0. The van der Waals surface area contributed by atoms with Crippen molar-refractivity contribution in [1.29, 1.82) is 0 Å². The molecule has 0 N–H and O–H groups in total. The highest BCUT2D eigenvalue weighted by atomic mass is 79.9.